The number of carbonyl (C=O) groups excluding carboxylic acids is 1. The summed E-state index contributed by atoms with van der Waals surface area (Å²) in [5.41, 5.74) is 0. The van der Waals surface area contributed by atoms with Crippen LogP contribution in [0.15, 0.2) is 34.9 Å². The van der Waals surface area contributed by atoms with Gasteiger partial charge in [0.1, 0.15) is 0 Å². The van der Waals surface area contributed by atoms with Gasteiger partial charge in [-0.25, -0.2) is 0 Å². The predicted octanol–water partition coefficient (Wildman–Crippen LogP) is 2.31. The zero-order valence-corrected chi connectivity index (χ0v) is 10.4. The summed E-state index contributed by atoms with van der Waals surface area (Å²) in [7, 11) is 0. The Morgan fingerprint density at radius 2 is 2.06 bits per heavy atom. The number of nitrogens with one attached hydrogen (secondary N) is 1. The lowest BCUT2D eigenvalue weighted by Crippen LogP contribution is -2.23. The Hall–Kier alpha value is -0.770. The third-order valence-electron chi connectivity index (χ3n) is 1.65. The molecule has 90 valence electrons. The molecule has 0 saturated carbocycles. The van der Waals surface area contributed by atoms with Crippen LogP contribution in [0.3, 0.4) is 0 Å². The van der Waals surface area contributed by atoms with Gasteiger partial charge in [-0.1, -0.05) is 35.9 Å². The first-order valence-corrected chi connectivity index (χ1v) is 5.59. The van der Waals surface area contributed by atoms with Crippen LogP contribution in [0.2, 0.25) is 0 Å². The average molecular weight is 264 g/mol. The van der Waals surface area contributed by atoms with E-state index in [0.717, 1.165) is 0 Å². The van der Waals surface area contributed by atoms with Gasteiger partial charge in [-0.2, -0.15) is 0 Å². The molecule has 0 radical (unpaired) electrons. The van der Waals surface area contributed by atoms with Gasteiger partial charge < -0.3 is 10.4 Å². The molecule has 0 spiro atoms. The first-order chi connectivity index (χ1) is 7.61. The van der Waals surface area contributed by atoms with E-state index in [1.807, 2.05) is 0 Å². The molecule has 5 heteroatoms. The van der Waals surface area contributed by atoms with Crippen molar-refractivity contribution < 1.29 is 9.90 Å². The topological polar surface area (TPSA) is 49.3 Å². The van der Waals surface area contributed by atoms with E-state index in [1.165, 1.54) is 6.08 Å². The zero-order chi connectivity index (χ0) is 12.4. The fourth-order valence-corrected chi connectivity index (χ4v) is 1.07. The highest BCUT2D eigenvalue weighted by molar-refractivity contribution is 6.41. The summed E-state index contributed by atoms with van der Waals surface area (Å²) in [6, 6.07) is 0. The molecule has 0 aromatic rings. The monoisotopic (exact) mass is 263 g/mol. The highest BCUT2D eigenvalue weighted by Crippen LogP contribution is 2.15. The number of hydrogen-bond acceptors (Lipinski definition) is 2. The molecule has 16 heavy (non-hydrogen) atoms. The van der Waals surface area contributed by atoms with Crippen LogP contribution >= 0.6 is 23.2 Å². The number of halogens is 2. The van der Waals surface area contributed by atoms with E-state index < -0.39 is 0 Å². The predicted molar refractivity (Wildman–Crippen MR) is 67.4 cm³/mol. The lowest BCUT2D eigenvalue weighted by atomic mass is 10.3. The van der Waals surface area contributed by atoms with Gasteiger partial charge in [0.2, 0.25) is 5.91 Å². The van der Waals surface area contributed by atoms with Gasteiger partial charge >= 0.3 is 0 Å². The maximum absolute atomic E-state index is 11.1. The summed E-state index contributed by atoms with van der Waals surface area (Å²) in [4.78, 5) is 11.1. The van der Waals surface area contributed by atoms with Crippen LogP contribution < -0.4 is 5.32 Å². The van der Waals surface area contributed by atoms with Crippen LogP contribution in [-0.4, -0.2) is 24.2 Å². The van der Waals surface area contributed by atoms with Gasteiger partial charge in [-0.05, 0) is 18.6 Å². The van der Waals surface area contributed by atoms with Gasteiger partial charge in [-0.3, -0.25) is 4.79 Å². The standard InChI is InChI=1S/C11H15Cl2NO2/c1-2-9(12)10(13)5-3-7-14-11(16)6-4-8-15/h2-3,5,15H,1,4,6-8H2,(H,14,16)/b5-3+,10-9-. The maximum atomic E-state index is 11.1. The molecule has 0 bridgehead atoms. The van der Waals surface area contributed by atoms with Crippen molar-refractivity contribution in [1.29, 1.82) is 0 Å². The van der Waals surface area contributed by atoms with Crippen molar-refractivity contribution in [2.75, 3.05) is 13.2 Å². The molecular formula is C11H15Cl2NO2. The smallest absolute Gasteiger partial charge is 0.220 e. The molecule has 0 aliphatic carbocycles. The summed E-state index contributed by atoms with van der Waals surface area (Å²) in [5.74, 6) is -0.103. The number of rotatable bonds is 7. The number of aliphatic hydroxyl groups is 1. The Morgan fingerprint density at radius 1 is 1.38 bits per heavy atom. The molecule has 1 amide bonds. The Balaban J connectivity index is 3.85. The van der Waals surface area contributed by atoms with Gasteiger partial charge in [0.05, 0.1) is 10.1 Å². The molecule has 0 saturated heterocycles. The number of carbonyl (C=O) groups is 1. The Morgan fingerprint density at radius 3 is 2.62 bits per heavy atom. The first-order valence-electron chi connectivity index (χ1n) is 4.83. The second kappa shape index (κ2) is 9.46. The zero-order valence-electron chi connectivity index (χ0n) is 8.88. The maximum Gasteiger partial charge on any atom is 0.220 e. The third kappa shape index (κ3) is 7.51. The van der Waals surface area contributed by atoms with Crippen molar-refractivity contribution in [3.05, 3.63) is 34.9 Å². The van der Waals surface area contributed by atoms with E-state index in [9.17, 15) is 4.79 Å². The van der Waals surface area contributed by atoms with Gasteiger partial charge in [0.25, 0.3) is 0 Å². The van der Waals surface area contributed by atoms with E-state index in [2.05, 4.69) is 11.9 Å². The van der Waals surface area contributed by atoms with E-state index in [1.54, 1.807) is 12.2 Å². The second-order valence-electron chi connectivity index (χ2n) is 2.93. The molecule has 0 unspecified atom stereocenters. The normalized spacial score (nSPS) is 12.4. The van der Waals surface area contributed by atoms with Gasteiger partial charge in [-0.15, -0.1) is 0 Å². The average Bonchev–Trinajstić information content (AvgIpc) is 2.30. The molecule has 0 aliphatic heterocycles. The quantitative estimate of drug-likeness (QED) is 0.693. The molecule has 0 aliphatic rings. The third-order valence-corrected chi connectivity index (χ3v) is 2.43. The molecule has 0 atom stereocenters. The summed E-state index contributed by atoms with van der Waals surface area (Å²) in [5, 5.41) is 11.9. The van der Waals surface area contributed by atoms with E-state index >= 15 is 0 Å². The molecule has 0 aromatic carbocycles. The number of aliphatic hydroxyl groups excluding tert-OH is 1. The molecule has 2 N–H and O–H groups in total. The van der Waals surface area contributed by atoms with Crippen molar-refractivity contribution in [1.82, 2.24) is 5.32 Å². The Kier molecular flexibility index (Phi) is 9.00. The second-order valence-corrected chi connectivity index (χ2v) is 3.75. The molecule has 0 aromatic heterocycles. The fourth-order valence-electron chi connectivity index (χ4n) is 0.840. The number of hydrogen-bond donors (Lipinski definition) is 2. The molecule has 3 nitrogen and oxygen atoms in total. The van der Waals surface area contributed by atoms with Crippen LogP contribution in [0.25, 0.3) is 0 Å². The largest absolute Gasteiger partial charge is 0.396 e. The Bertz CT molecular complexity index is 298. The summed E-state index contributed by atoms with van der Waals surface area (Å²) in [6.07, 6.45) is 5.51. The van der Waals surface area contributed by atoms with Crippen LogP contribution in [0.5, 0.6) is 0 Å². The van der Waals surface area contributed by atoms with Crippen molar-refractivity contribution >= 4 is 29.1 Å². The van der Waals surface area contributed by atoms with Crippen LogP contribution in [0.1, 0.15) is 12.8 Å². The Labute approximate surface area is 105 Å². The number of amides is 1. The minimum absolute atomic E-state index is 0.0206. The van der Waals surface area contributed by atoms with E-state index in [-0.39, 0.29) is 12.5 Å². The van der Waals surface area contributed by atoms with Crippen LogP contribution in [-0.2, 0) is 4.79 Å². The van der Waals surface area contributed by atoms with Crippen molar-refractivity contribution in [3.63, 3.8) is 0 Å². The number of allylic oxidation sites excluding steroid dienone is 4. The highest BCUT2D eigenvalue weighted by atomic mass is 35.5. The summed E-state index contributed by atoms with van der Waals surface area (Å²) >= 11 is 11.5. The van der Waals surface area contributed by atoms with E-state index in [4.69, 9.17) is 28.3 Å². The minimum atomic E-state index is -0.103. The van der Waals surface area contributed by atoms with E-state index in [0.29, 0.717) is 29.5 Å². The molecule has 0 fully saturated rings. The fraction of sp³-hybridized carbons (Fsp3) is 0.364. The lowest BCUT2D eigenvalue weighted by molar-refractivity contribution is -0.121. The SMILES string of the molecule is C=C/C(Cl)=C(Cl)\C=C\CNC(=O)CCCO. The van der Waals surface area contributed by atoms with Crippen molar-refractivity contribution in [2.24, 2.45) is 0 Å². The minimum Gasteiger partial charge on any atom is -0.396 e. The summed E-state index contributed by atoms with van der Waals surface area (Å²) in [6.45, 7) is 3.87. The molecular weight excluding hydrogens is 249 g/mol. The van der Waals surface area contributed by atoms with Crippen LogP contribution in [0, 0.1) is 0 Å². The summed E-state index contributed by atoms with van der Waals surface area (Å²) < 4.78 is 0. The van der Waals surface area contributed by atoms with Crippen molar-refractivity contribution in [2.45, 2.75) is 12.8 Å². The van der Waals surface area contributed by atoms with Gasteiger partial charge in [0, 0.05) is 19.6 Å². The van der Waals surface area contributed by atoms with Crippen molar-refractivity contribution in [3.8, 4) is 0 Å². The first kappa shape index (κ1) is 15.2. The molecule has 0 rings (SSSR count). The van der Waals surface area contributed by atoms with Gasteiger partial charge in [0.15, 0.2) is 0 Å². The highest BCUT2D eigenvalue weighted by Gasteiger charge is 1.97. The van der Waals surface area contributed by atoms with Crippen LogP contribution in [0.4, 0.5) is 0 Å². The molecule has 0 heterocycles. The lowest BCUT2D eigenvalue weighted by Gasteiger charge is -2.00.